The number of aliphatic hydroxyl groups is 1. The number of aliphatic hydroxyl groups excluding tert-OH is 1. The monoisotopic (exact) mass is 210 g/mol. The molecule has 0 spiro atoms. The molecule has 0 saturated heterocycles. The average molecular weight is 210 g/mol. The van der Waals surface area contributed by atoms with Crippen molar-refractivity contribution in [2.75, 3.05) is 0 Å². The maximum Gasteiger partial charge on any atom is 0.0603 e. The van der Waals surface area contributed by atoms with Crippen LogP contribution in [0.1, 0.15) is 25.0 Å². The van der Waals surface area contributed by atoms with Crippen molar-refractivity contribution in [1.82, 2.24) is 0 Å². The summed E-state index contributed by atoms with van der Waals surface area (Å²) in [7, 11) is 0. The Bertz CT molecular complexity index is 283. The van der Waals surface area contributed by atoms with Crippen LogP contribution in [0.2, 0.25) is 0 Å². The molecular weight excluding hydrogens is 192 g/mol. The normalized spacial score (nSPS) is 13.2. The molecule has 0 amide bonds. The van der Waals surface area contributed by atoms with E-state index in [1.165, 1.54) is 11.1 Å². The molecule has 78 valence electrons. The van der Waals surface area contributed by atoms with Gasteiger partial charge in [-0.15, -0.1) is 0 Å². The van der Waals surface area contributed by atoms with Gasteiger partial charge in [0.15, 0.2) is 0 Å². The molecule has 0 aliphatic heterocycles. The van der Waals surface area contributed by atoms with Crippen LogP contribution in [0.5, 0.6) is 0 Å². The predicted octanol–water partition coefficient (Wildman–Crippen LogP) is 2.68. The molecule has 0 heterocycles. The van der Waals surface area contributed by atoms with E-state index in [0.29, 0.717) is 5.92 Å². The van der Waals surface area contributed by atoms with E-state index < -0.39 is 0 Å². The molecule has 0 saturated carbocycles. The summed E-state index contributed by atoms with van der Waals surface area (Å²) in [6.45, 7) is 4.07. The van der Waals surface area contributed by atoms with Crippen LogP contribution in [0.4, 0.5) is 0 Å². The zero-order valence-corrected chi connectivity index (χ0v) is 9.67. The molecule has 2 heteroatoms. The van der Waals surface area contributed by atoms with Crippen LogP contribution in [0.25, 0.3) is 0 Å². The summed E-state index contributed by atoms with van der Waals surface area (Å²) in [5.74, 6) is 1.05. The Morgan fingerprint density at radius 2 is 1.79 bits per heavy atom. The molecule has 1 N–H and O–H groups in total. The van der Waals surface area contributed by atoms with E-state index in [2.05, 4.69) is 24.8 Å². The van der Waals surface area contributed by atoms with Crippen molar-refractivity contribution in [2.24, 2.45) is 5.92 Å². The van der Waals surface area contributed by atoms with Gasteiger partial charge in [-0.1, -0.05) is 38.1 Å². The number of thiol groups is 1. The zero-order valence-electron chi connectivity index (χ0n) is 8.77. The molecule has 0 aromatic heterocycles. The molecule has 1 nitrogen and oxygen atoms in total. The van der Waals surface area contributed by atoms with Crippen LogP contribution in [-0.4, -0.2) is 11.2 Å². The summed E-state index contributed by atoms with van der Waals surface area (Å²) in [5, 5.41) is 9.77. The molecule has 0 fully saturated rings. The SMILES string of the molecule is CC(C)C(O)Cc1ccccc1CS. The minimum absolute atomic E-state index is 0.254. The van der Waals surface area contributed by atoms with Crippen molar-refractivity contribution in [2.45, 2.75) is 32.1 Å². The maximum absolute atomic E-state index is 9.77. The van der Waals surface area contributed by atoms with E-state index in [4.69, 9.17) is 0 Å². The highest BCUT2D eigenvalue weighted by Gasteiger charge is 2.11. The van der Waals surface area contributed by atoms with E-state index in [0.717, 1.165) is 12.2 Å². The van der Waals surface area contributed by atoms with Crippen LogP contribution in [0.15, 0.2) is 24.3 Å². The van der Waals surface area contributed by atoms with Crippen molar-refractivity contribution < 1.29 is 5.11 Å². The molecule has 0 bridgehead atoms. The summed E-state index contributed by atoms with van der Waals surface area (Å²) >= 11 is 4.27. The van der Waals surface area contributed by atoms with Crippen LogP contribution in [0, 0.1) is 5.92 Å². The Morgan fingerprint density at radius 3 is 2.29 bits per heavy atom. The van der Waals surface area contributed by atoms with Gasteiger partial charge in [0.05, 0.1) is 6.10 Å². The molecule has 14 heavy (non-hydrogen) atoms. The van der Waals surface area contributed by atoms with Gasteiger partial charge in [0.25, 0.3) is 0 Å². The van der Waals surface area contributed by atoms with Gasteiger partial charge in [-0.2, -0.15) is 12.6 Å². The van der Waals surface area contributed by atoms with Crippen molar-refractivity contribution >= 4 is 12.6 Å². The first-order valence-corrected chi connectivity index (χ1v) is 5.64. The molecule has 0 radical (unpaired) electrons. The summed E-state index contributed by atoms with van der Waals surface area (Å²) in [5.41, 5.74) is 2.43. The smallest absolute Gasteiger partial charge is 0.0603 e. The third-order valence-electron chi connectivity index (χ3n) is 2.49. The molecule has 1 unspecified atom stereocenters. The number of hydrogen-bond acceptors (Lipinski definition) is 2. The lowest BCUT2D eigenvalue weighted by molar-refractivity contribution is 0.125. The fraction of sp³-hybridized carbons (Fsp3) is 0.500. The molecule has 1 aromatic carbocycles. The Morgan fingerprint density at radius 1 is 1.21 bits per heavy atom. The average Bonchev–Trinajstić information content (AvgIpc) is 2.18. The van der Waals surface area contributed by atoms with E-state index in [9.17, 15) is 5.11 Å². The highest BCUT2D eigenvalue weighted by molar-refractivity contribution is 7.79. The third kappa shape index (κ3) is 3.03. The lowest BCUT2D eigenvalue weighted by atomic mass is 9.96. The summed E-state index contributed by atoms with van der Waals surface area (Å²) < 4.78 is 0. The van der Waals surface area contributed by atoms with Gasteiger partial charge in [0.1, 0.15) is 0 Å². The molecule has 0 aliphatic carbocycles. The second-order valence-corrected chi connectivity index (χ2v) is 4.26. The van der Waals surface area contributed by atoms with Crippen molar-refractivity contribution in [3.05, 3.63) is 35.4 Å². The van der Waals surface area contributed by atoms with Gasteiger partial charge in [-0.3, -0.25) is 0 Å². The predicted molar refractivity (Wildman–Crippen MR) is 63.7 cm³/mol. The van der Waals surface area contributed by atoms with Gasteiger partial charge in [-0.25, -0.2) is 0 Å². The summed E-state index contributed by atoms with van der Waals surface area (Å²) in [4.78, 5) is 0. The Labute approximate surface area is 91.6 Å². The molecule has 1 atom stereocenters. The summed E-state index contributed by atoms with van der Waals surface area (Å²) in [6.07, 6.45) is 0.477. The van der Waals surface area contributed by atoms with Crippen LogP contribution in [-0.2, 0) is 12.2 Å². The maximum atomic E-state index is 9.77. The Kier molecular flexibility index (Phi) is 4.49. The van der Waals surface area contributed by atoms with Crippen molar-refractivity contribution in [3.8, 4) is 0 Å². The van der Waals surface area contributed by atoms with Gasteiger partial charge in [-0.05, 0) is 23.5 Å². The lowest BCUT2D eigenvalue weighted by Crippen LogP contribution is -2.18. The Balaban J connectivity index is 2.75. The summed E-state index contributed by atoms with van der Waals surface area (Å²) in [6, 6.07) is 8.15. The van der Waals surface area contributed by atoms with Gasteiger partial charge in [0.2, 0.25) is 0 Å². The Hall–Kier alpha value is -0.470. The molecule has 0 aliphatic rings. The minimum atomic E-state index is -0.254. The quantitative estimate of drug-likeness (QED) is 0.732. The highest BCUT2D eigenvalue weighted by Crippen LogP contribution is 2.16. The second kappa shape index (κ2) is 5.42. The van der Waals surface area contributed by atoms with E-state index in [1.54, 1.807) is 0 Å². The van der Waals surface area contributed by atoms with E-state index in [1.807, 2.05) is 26.0 Å². The first kappa shape index (κ1) is 11.6. The lowest BCUT2D eigenvalue weighted by Gasteiger charge is -2.16. The first-order chi connectivity index (χ1) is 6.65. The minimum Gasteiger partial charge on any atom is -0.393 e. The number of benzene rings is 1. The van der Waals surface area contributed by atoms with Gasteiger partial charge in [0, 0.05) is 5.75 Å². The van der Waals surface area contributed by atoms with Crippen molar-refractivity contribution in [3.63, 3.8) is 0 Å². The van der Waals surface area contributed by atoms with Gasteiger partial charge < -0.3 is 5.11 Å². The van der Waals surface area contributed by atoms with Crippen LogP contribution >= 0.6 is 12.6 Å². The molecule has 1 rings (SSSR count). The first-order valence-electron chi connectivity index (χ1n) is 5.01. The number of hydrogen-bond donors (Lipinski definition) is 2. The largest absolute Gasteiger partial charge is 0.393 e. The topological polar surface area (TPSA) is 20.2 Å². The molecular formula is C12H18OS. The van der Waals surface area contributed by atoms with Crippen LogP contribution < -0.4 is 0 Å². The standard InChI is InChI=1S/C12H18OS/c1-9(2)12(13)7-10-5-3-4-6-11(10)8-14/h3-6,9,12-14H,7-8H2,1-2H3. The highest BCUT2D eigenvalue weighted by atomic mass is 32.1. The van der Waals surface area contributed by atoms with Crippen molar-refractivity contribution in [1.29, 1.82) is 0 Å². The van der Waals surface area contributed by atoms with E-state index >= 15 is 0 Å². The van der Waals surface area contributed by atoms with E-state index in [-0.39, 0.29) is 6.10 Å². The van der Waals surface area contributed by atoms with Crippen LogP contribution in [0.3, 0.4) is 0 Å². The fourth-order valence-electron chi connectivity index (χ4n) is 1.37. The van der Waals surface area contributed by atoms with Gasteiger partial charge >= 0.3 is 0 Å². The zero-order chi connectivity index (χ0) is 10.6. The fourth-order valence-corrected chi connectivity index (χ4v) is 1.68. The molecule has 1 aromatic rings. The second-order valence-electron chi connectivity index (χ2n) is 3.94. The number of rotatable bonds is 4. The third-order valence-corrected chi connectivity index (χ3v) is 2.83.